The zero-order valence-electron chi connectivity index (χ0n) is 12.5. The Hall–Kier alpha value is -1.85. The maximum atomic E-state index is 12.0. The van der Waals surface area contributed by atoms with Gasteiger partial charge in [0.1, 0.15) is 12.6 Å². The first-order valence-corrected chi connectivity index (χ1v) is 7.34. The van der Waals surface area contributed by atoms with Crippen LogP contribution in [0, 0.1) is 5.92 Å². The molecule has 1 aliphatic heterocycles. The average molecular weight is 296 g/mol. The van der Waals surface area contributed by atoms with Crippen molar-refractivity contribution in [3.05, 3.63) is 12.7 Å². The van der Waals surface area contributed by atoms with Gasteiger partial charge in [0.25, 0.3) is 0 Å². The van der Waals surface area contributed by atoms with Gasteiger partial charge in [0.05, 0.1) is 0 Å². The van der Waals surface area contributed by atoms with E-state index in [1.807, 2.05) is 0 Å². The van der Waals surface area contributed by atoms with Gasteiger partial charge in [0.2, 0.25) is 11.8 Å². The molecule has 0 aromatic rings. The minimum atomic E-state index is -0.726. The van der Waals surface area contributed by atoms with E-state index in [1.54, 1.807) is 0 Å². The SMILES string of the molecule is C=CCOC(=O)CCC(C(N)=O)N1CC(CCC)CC1=O. The third-order valence-electron chi connectivity index (χ3n) is 3.62. The van der Waals surface area contributed by atoms with Gasteiger partial charge in [-0.15, -0.1) is 0 Å². The van der Waals surface area contributed by atoms with E-state index in [2.05, 4.69) is 13.5 Å². The van der Waals surface area contributed by atoms with Crippen LogP contribution in [0.15, 0.2) is 12.7 Å². The molecule has 1 rings (SSSR count). The molecule has 0 spiro atoms. The lowest BCUT2D eigenvalue weighted by molar-refractivity contribution is -0.144. The fraction of sp³-hybridized carbons (Fsp3) is 0.667. The molecule has 2 amide bonds. The van der Waals surface area contributed by atoms with Crippen LogP contribution in [0.2, 0.25) is 0 Å². The summed E-state index contributed by atoms with van der Waals surface area (Å²) in [6.45, 7) is 6.20. The summed E-state index contributed by atoms with van der Waals surface area (Å²) in [5.41, 5.74) is 5.38. The van der Waals surface area contributed by atoms with Crippen molar-refractivity contribution in [2.75, 3.05) is 13.2 Å². The van der Waals surface area contributed by atoms with Crippen LogP contribution in [0.25, 0.3) is 0 Å². The van der Waals surface area contributed by atoms with Crippen LogP contribution in [0.4, 0.5) is 0 Å². The van der Waals surface area contributed by atoms with Gasteiger partial charge in [-0.05, 0) is 18.8 Å². The standard InChI is InChI=1S/C15H24N2O4/c1-3-5-11-9-13(18)17(10-11)12(15(16)20)6-7-14(19)21-8-4-2/h4,11-12H,2-3,5-10H2,1H3,(H2,16,20). The molecule has 0 saturated carbocycles. The molecule has 0 bridgehead atoms. The van der Waals surface area contributed by atoms with E-state index >= 15 is 0 Å². The first-order valence-electron chi connectivity index (χ1n) is 7.34. The maximum absolute atomic E-state index is 12.0. The fourth-order valence-corrected chi connectivity index (χ4v) is 2.64. The molecule has 1 aliphatic rings. The molecule has 118 valence electrons. The molecule has 0 aromatic heterocycles. The number of hydrogen-bond donors (Lipinski definition) is 1. The number of amides is 2. The molecule has 6 nitrogen and oxygen atoms in total. The van der Waals surface area contributed by atoms with E-state index in [0.717, 1.165) is 12.8 Å². The highest BCUT2D eigenvalue weighted by Crippen LogP contribution is 2.25. The minimum Gasteiger partial charge on any atom is -0.461 e. The Morgan fingerprint density at radius 3 is 2.86 bits per heavy atom. The molecular weight excluding hydrogens is 272 g/mol. The highest BCUT2D eigenvalue weighted by Gasteiger charge is 2.36. The molecule has 1 fully saturated rings. The van der Waals surface area contributed by atoms with E-state index in [9.17, 15) is 14.4 Å². The highest BCUT2D eigenvalue weighted by molar-refractivity contribution is 5.88. The number of primary amides is 1. The Balaban J connectivity index is 2.57. The summed E-state index contributed by atoms with van der Waals surface area (Å²) in [5.74, 6) is -0.774. The van der Waals surface area contributed by atoms with E-state index < -0.39 is 17.9 Å². The predicted octanol–water partition coefficient (Wildman–Crippen LogP) is 0.998. The molecule has 0 aromatic carbocycles. The van der Waals surface area contributed by atoms with Crippen LogP contribution >= 0.6 is 0 Å². The molecule has 2 atom stereocenters. The number of esters is 1. The van der Waals surface area contributed by atoms with Crippen molar-refractivity contribution in [3.63, 3.8) is 0 Å². The maximum Gasteiger partial charge on any atom is 0.306 e. The fourth-order valence-electron chi connectivity index (χ4n) is 2.64. The summed E-state index contributed by atoms with van der Waals surface area (Å²) >= 11 is 0. The van der Waals surface area contributed by atoms with Crippen LogP contribution in [-0.2, 0) is 19.1 Å². The van der Waals surface area contributed by atoms with Gasteiger partial charge in [-0.3, -0.25) is 14.4 Å². The summed E-state index contributed by atoms with van der Waals surface area (Å²) in [4.78, 5) is 36.6. The van der Waals surface area contributed by atoms with Gasteiger partial charge < -0.3 is 15.4 Å². The van der Waals surface area contributed by atoms with Crippen molar-refractivity contribution < 1.29 is 19.1 Å². The molecule has 0 aliphatic carbocycles. The summed E-state index contributed by atoms with van der Waals surface area (Å²) in [5, 5.41) is 0. The van der Waals surface area contributed by atoms with Crippen molar-refractivity contribution in [1.82, 2.24) is 4.90 Å². The number of hydrogen-bond acceptors (Lipinski definition) is 4. The van der Waals surface area contributed by atoms with Gasteiger partial charge in [-0.2, -0.15) is 0 Å². The molecule has 2 N–H and O–H groups in total. The Bertz CT molecular complexity index is 408. The second-order valence-electron chi connectivity index (χ2n) is 5.33. The Morgan fingerprint density at radius 2 is 2.29 bits per heavy atom. The van der Waals surface area contributed by atoms with Crippen LogP contribution in [-0.4, -0.2) is 41.9 Å². The van der Waals surface area contributed by atoms with Gasteiger partial charge in [-0.25, -0.2) is 0 Å². The first-order chi connectivity index (χ1) is 9.99. The lowest BCUT2D eigenvalue weighted by atomic mass is 10.0. The lowest BCUT2D eigenvalue weighted by Crippen LogP contribution is -2.46. The molecule has 0 radical (unpaired) electrons. The number of rotatable bonds is 9. The smallest absolute Gasteiger partial charge is 0.306 e. The number of nitrogens with two attached hydrogens (primary N) is 1. The summed E-state index contributed by atoms with van der Waals surface area (Å²) in [6, 6.07) is -0.726. The zero-order chi connectivity index (χ0) is 15.8. The van der Waals surface area contributed by atoms with E-state index in [-0.39, 0.29) is 31.3 Å². The third kappa shape index (κ3) is 5.21. The van der Waals surface area contributed by atoms with Gasteiger partial charge in [-0.1, -0.05) is 26.0 Å². The summed E-state index contributed by atoms with van der Waals surface area (Å²) in [6.07, 6.45) is 4.15. The molecule has 6 heteroatoms. The molecule has 2 unspecified atom stereocenters. The van der Waals surface area contributed by atoms with E-state index in [1.165, 1.54) is 11.0 Å². The number of ether oxygens (including phenoxy) is 1. The third-order valence-corrected chi connectivity index (χ3v) is 3.62. The second-order valence-corrected chi connectivity index (χ2v) is 5.33. The van der Waals surface area contributed by atoms with Gasteiger partial charge in [0.15, 0.2) is 0 Å². The molecule has 1 saturated heterocycles. The molecule has 1 heterocycles. The van der Waals surface area contributed by atoms with E-state index in [0.29, 0.717) is 13.0 Å². The zero-order valence-corrected chi connectivity index (χ0v) is 12.5. The Labute approximate surface area is 125 Å². The van der Waals surface area contributed by atoms with Crippen LogP contribution < -0.4 is 5.73 Å². The van der Waals surface area contributed by atoms with Crippen molar-refractivity contribution in [2.45, 2.75) is 45.1 Å². The first kappa shape index (κ1) is 17.2. The minimum absolute atomic E-state index is 0.0586. The van der Waals surface area contributed by atoms with Gasteiger partial charge >= 0.3 is 5.97 Å². The predicted molar refractivity (Wildman–Crippen MR) is 78.1 cm³/mol. The van der Waals surface area contributed by atoms with Crippen molar-refractivity contribution >= 4 is 17.8 Å². The molecular formula is C15H24N2O4. The number of nitrogens with zero attached hydrogens (tertiary/aromatic N) is 1. The lowest BCUT2D eigenvalue weighted by Gasteiger charge is -2.25. The Morgan fingerprint density at radius 1 is 1.57 bits per heavy atom. The normalized spacial score (nSPS) is 19.4. The van der Waals surface area contributed by atoms with Crippen LogP contribution in [0.3, 0.4) is 0 Å². The van der Waals surface area contributed by atoms with Gasteiger partial charge in [0, 0.05) is 19.4 Å². The van der Waals surface area contributed by atoms with E-state index in [4.69, 9.17) is 10.5 Å². The van der Waals surface area contributed by atoms with Crippen molar-refractivity contribution in [3.8, 4) is 0 Å². The Kier molecular flexibility index (Phi) is 6.91. The topological polar surface area (TPSA) is 89.7 Å². The highest BCUT2D eigenvalue weighted by atomic mass is 16.5. The summed E-state index contributed by atoms with van der Waals surface area (Å²) < 4.78 is 4.86. The van der Waals surface area contributed by atoms with Crippen LogP contribution in [0.1, 0.15) is 39.0 Å². The number of carbonyl (C=O) groups excluding carboxylic acids is 3. The van der Waals surface area contributed by atoms with Crippen LogP contribution in [0.5, 0.6) is 0 Å². The number of likely N-dealkylation sites (tertiary alicyclic amines) is 1. The second kappa shape index (κ2) is 8.44. The largest absolute Gasteiger partial charge is 0.461 e. The summed E-state index contributed by atoms with van der Waals surface area (Å²) in [7, 11) is 0. The monoisotopic (exact) mass is 296 g/mol. The average Bonchev–Trinajstić information content (AvgIpc) is 2.77. The number of carbonyl (C=O) groups is 3. The quantitative estimate of drug-likeness (QED) is 0.507. The van der Waals surface area contributed by atoms with Crippen molar-refractivity contribution in [2.24, 2.45) is 11.7 Å². The molecule has 21 heavy (non-hydrogen) atoms. The van der Waals surface area contributed by atoms with Crippen molar-refractivity contribution in [1.29, 1.82) is 0 Å².